The molecule has 1 amide bonds. The molecule has 0 heterocycles. The molecule has 2 rings (SSSR count). The van der Waals surface area contributed by atoms with E-state index in [0.29, 0.717) is 32.8 Å². The predicted molar refractivity (Wildman–Crippen MR) is 104 cm³/mol. The minimum Gasteiger partial charge on any atom is -0.492 e. The molecule has 0 saturated heterocycles. The van der Waals surface area contributed by atoms with Crippen LogP contribution in [0.1, 0.15) is 11.1 Å². The molecule has 0 aliphatic rings. The fraction of sp³-hybridized carbons (Fsp3) is 0.381. The van der Waals surface area contributed by atoms with Crippen molar-refractivity contribution < 1.29 is 14.3 Å². The lowest BCUT2D eigenvalue weighted by molar-refractivity contribution is -0.122. The molecule has 2 aromatic rings. The van der Waals surface area contributed by atoms with Crippen molar-refractivity contribution in [2.45, 2.75) is 13.8 Å². The third kappa shape index (κ3) is 7.57. The maximum absolute atomic E-state index is 11.9. The molecule has 0 aliphatic heterocycles. The van der Waals surface area contributed by atoms with Gasteiger partial charge in [-0.15, -0.1) is 0 Å². The summed E-state index contributed by atoms with van der Waals surface area (Å²) in [6.45, 7) is 6.57. The van der Waals surface area contributed by atoms with Crippen LogP contribution in [-0.4, -0.2) is 50.7 Å². The fourth-order valence-electron chi connectivity index (χ4n) is 2.40. The second kappa shape index (κ2) is 10.5. The summed E-state index contributed by atoms with van der Waals surface area (Å²) in [4.78, 5) is 13.9. The van der Waals surface area contributed by atoms with E-state index in [1.54, 1.807) is 0 Å². The van der Waals surface area contributed by atoms with Crippen LogP contribution in [0.25, 0.3) is 0 Å². The zero-order valence-electron chi connectivity index (χ0n) is 15.8. The van der Waals surface area contributed by atoms with Gasteiger partial charge >= 0.3 is 0 Å². The number of hydrogen-bond donors (Lipinski definition) is 1. The number of likely N-dealkylation sites (N-methyl/N-ethyl adjacent to an activating group) is 1. The number of hydrogen-bond acceptors (Lipinski definition) is 4. The van der Waals surface area contributed by atoms with Crippen molar-refractivity contribution in [3.63, 3.8) is 0 Å². The normalized spacial score (nSPS) is 10.6. The molecule has 0 radical (unpaired) electrons. The zero-order chi connectivity index (χ0) is 18.8. The molecule has 0 fully saturated rings. The molecule has 0 saturated carbocycles. The first-order valence-electron chi connectivity index (χ1n) is 8.87. The highest BCUT2D eigenvalue weighted by molar-refractivity contribution is 5.77. The molecule has 5 heteroatoms. The Bertz CT molecular complexity index is 686. The second-order valence-corrected chi connectivity index (χ2v) is 6.41. The first kappa shape index (κ1) is 19.8. The molecule has 1 N–H and O–H groups in total. The van der Waals surface area contributed by atoms with Crippen molar-refractivity contribution >= 4 is 5.91 Å². The van der Waals surface area contributed by atoms with E-state index in [1.807, 2.05) is 74.3 Å². The second-order valence-electron chi connectivity index (χ2n) is 6.41. The zero-order valence-corrected chi connectivity index (χ0v) is 15.8. The summed E-state index contributed by atoms with van der Waals surface area (Å²) in [7, 11) is 1.90. The number of carbonyl (C=O) groups excluding carboxylic acids is 1. The van der Waals surface area contributed by atoms with Crippen molar-refractivity contribution in [2.75, 3.05) is 39.9 Å². The third-order valence-corrected chi connectivity index (χ3v) is 3.86. The van der Waals surface area contributed by atoms with E-state index >= 15 is 0 Å². The topological polar surface area (TPSA) is 50.8 Å². The van der Waals surface area contributed by atoms with Gasteiger partial charge in [-0.05, 0) is 50.7 Å². The summed E-state index contributed by atoms with van der Waals surface area (Å²) in [5, 5.41) is 2.87. The van der Waals surface area contributed by atoms with Gasteiger partial charge in [0.15, 0.2) is 0 Å². The van der Waals surface area contributed by atoms with Gasteiger partial charge in [0.05, 0.1) is 13.1 Å². The lowest BCUT2D eigenvalue weighted by Crippen LogP contribution is -2.38. The van der Waals surface area contributed by atoms with Crippen LogP contribution in [0, 0.1) is 13.8 Å². The van der Waals surface area contributed by atoms with E-state index < -0.39 is 0 Å². The number of nitrogens with zero attached hydrogens (tertiary/aromatic N) is 1. The molecule has 5 nitrogen and oxygen atoms in total. The Kier molecular flexibility index (Phi) is 7.96. The van der Waals surface area contributed by atoms with Crippen LogP contribution in [0.3, 0.4) is 0 Å². The van der Waals surface area contributed by atoms with Gasteiger partial charge in [0.2, 0.25) is 5.91 Å². The SMILES string of the molecule is Cc1ccc(OCCN(C)CC(=O)NCCOc2cccc(C)c2)cc1. The molecular weight excluding hydrogens is 328 g/mol. The maximum atomic E-state index is 11.9. The summed E-state index contributed by atoms with van der Waals surface area (Å²) >= 11 is 0. The van der Waals surface area contributed by atoms with Crippen LogP contribution < -0.4 is 14.8 Å². The van der Waals surface area contributed by atoms with Crippen molar-refractivity contribution in [1.29, 1.82) is 0 Å². The van der Waals surface area contributed by atoms with Crippen LogP contribution in [0.5, 0.6) is 11.5 Å². The predicted octanol–water partition coefficient (Wildman–Crippen LogP) is 2.81. The summed E-state index contributed by atoms with van der Waals surface area (Å²) in [6.07, 6.45) is 0. The Morgan fingerprint density at radius 3 is 2.42 bits per heavy atom. The maximum Gasteiger partial charge on any atom is 0.234 e. The summed E-state index contributed by atoms with van der Waals surface area (Å²) < 4.78 is 11.3. The van der Waals surface area contributed by atoms with E-state index in [-0.39, 0.29) is 5.91 Å². The molecule has 0 bridgehead atoms. The Morgan fingerprint density at radius 2 is 1.69 bits per heavy atom. The smallest absolute Gasteiger partial charge is 0.234 e. The molecule has 0 unspecified atom stereocenters. The Balaban J connectivity index is 1.56. The molecule has 0 spiro atoms. The van der Waals surface area contributed by atoms with Crippen LogP contribution in [0.4, 0.5) is 0 Å². The first-order valence-corrected chi connectivity index (χ1v) is 8.87. The average Bonchev–Trinajstić information content (AvgIpc) is 2.60. The van der Waals surface area contributed by atoms with Crippen LogP contribution >= 0.6 is 0 Å². The highest BCUT2D eigenvalue weighted by atomic mass is 16.5. The van der Waals surface area contributed by atoms with Crippen LogP contribution in [0.15, 0.2) is 48.5 Å². The van der Waals surface area contributed by atoms with Crippen molar-refractivity contribution in [3.8, 4) is 11.5 Å². The largest absolute Gasteiger partial charge is 0.492 e. The average molecular weight is 356 g/mol. The Labute approximate surface area is 155 Å². The summed E-state index contributed by atoms with van der Waals surface area (Å²) in [6, 6.07) is 15.8. The molecular formula is C21H28N2O3. The molecule has 26 heavy (non-hydrogen) atoms. The number of carbonyl (C=O) groups is 1. The number of ether oxygens (including phenoxy) is 2. The molecule has 0 aromatic heterocycles. The number of nitrogens with one attached hydrogen (secondary N) is 1. The van der Waals surface area contributed by atoms with E-state index in [4.69, 9.17) is 9.47 Å². The van der Waals surface area contributed by atoms with Crippen molar-refractivity contribution in [1.82, 2.24) is 10.2 Å². The monoisotopic (exact) mass is 356 g/mol. The van der Waals surface area contributed by atoms with Gasteiger partial charge in [-0.1, -0.05) is 29.8 Å². The quantitative estimate of drug-likeness (QED) is 0.665. The van der Waals surface area contributed by atoms with Gasteiger partial charge in [-0.3, -0.25) is 9.69 Å². The standard InChI is InChI=1S/C21H28N2O3/c1-17-7-9-19(10-8-17)26-14-12-23(3)16-21(24)22-11-13-25-20-6-4-5-18(2)15-20/h4-10,15H,11-14,16H2,1-3H3,(H,22,24). The highest BCUT2D eigenvalue weighted by Crippen LogP contribution is 2.12. The summed E-state index contributed by atoms with van der Waals surface area (Å²) in [5.41, 5.74) is 2.36. The van der Waals surface area contributed by atoms with Gasteiger partial charge in [-0.25, -0.2) is 0 Å². The van der Waals surface area contributed by atoms with E-state index in [9.17, 15) is 4.79 Å². The molecule has 0 atom stereocenters. The van der Waals surface area contributed by atoms with Gasteiger partial charge in [0.1, 0.15) is 24.7 Å². The van der Waals surface area contributed by atoms with Gasteiger partial charge in [-0.2, -0.15) is 0 Å². The summed E-state index contributed by atoms with van der Waals surface area (Å²) in [5.74, 6) is 1.65. The van der Waals surface area contributed by atoms with E-state index in [0.717, 1.165) is 17.1 Å². The van der Waals surface area contributed by atoms with Gasteiger partial charge in [0.25, 0.3) is 0 Å². The minimum absolute atomic E-state index is 0.0179. The highest BCUT2D eigenvalue weighted by Gasteiger charge is 2.06. The number of benzene rings is 2. The number of amides is 1. The van der Waals surface area contributed by atoms with E-state index in [1.165, 1.54) is 5.56 Å². The fourth-order valence-corrected chi connectivity index (χ4v) is 2.40. The lowest BCUT2D eigenvalue weighted by atomic mass is 10.2. The number of aryl methyl sites for hydroxylation is 2. The van der Waals surface area contributed by atoms with Gasteiger partial charge in [0, 0.05) is 6.54 Å². The number of rotatable bonds is 10. The Morgan fingerprint density at radius 1 is 0.962 bits per heavy atom. The lowest BCUT2D eigenvalue weighted by Gasteiger charge is -2.17. The minimum atomic E-state index is -0.0179. The Hall–Kier alpha value is -2.53. The van der Waals surface area contributed by atoms with Crippen LogP contribution in [-0.2, 0) is 4.79 Å². The van der Waals surface area contributed by atoms with Gasteiger partial charge < -0.3 is 14.8 Å². The molecule has 140 valence electrons. The molecule has 0 aliphatic carbocycles. The van der Waals surface area contributed by atoms with Crippen molar-refractivity contribution in [3.05, 3.63) is 59.7 Å². The van der Waals surface area contributed by atoms with Crippen molar-refractivity contribution in [2.24, 2.45) is 0 Å². The first-order chi connectivity index (χ1) is 12.5. The van der Waals surface area contributed by atoms with E-state index in [2.05, 4.69) is 5.32 Å². The van der Waals surface area contributed by atoms with Crippen LogP contribution in [0.2, 0.25) is 0 Å². The third-order valence-electron chi connectivity index (χ3n) is 3.86. The molecule has 2 aromatic carbocycles.